The lowest BCUT2D eigenvalue weighted by Gasteiger charge is -2.18. The molecule has 1 rings (SSSR count). The maximum atomic E-state index is 12.5. The maximum Gasteiger partial charge on any atom is 0.451 e. The molecule has 6 nitrogen and oxygen atoms in total. The van der Waals surface area contributed by atoms with Gasteiger partial charge in [0.15, 0.2) is 0 Å². The molecule has 0 unspecified atom stereocenters. The molecule has 21 heavy (non-hydrogen) atoms. The summed E-state index contributed by atoms with van der Waals surface area (Å²) in [5.74, 6) is -1.72. The first kappa shape index (κ1) is 17.0. The van der Waals surface area contributed by atoms with Gasteiger partial charge in [-0.05, 0) is 13.8 Å². The molecule has 9 heteroatoms. The van der Waals surface area contributed by atoms with Crippen molar-refractivity contribution in [2.75, 3.05) is 30.7 Å². The van der Waals surface area contributed by atoms with Crippen LogP contribution in [-0.4, -0.2) is 40.4 Å². The van der Waals surface area contributed by atoms with Crippen molar-refractivity contribution in [3.8, 4) is 0 Å². The number of hydrogen-bond donors (Lipinski definition) is 2. The number of nitrogen functional groups attached to an aromatic ring is 1. The predicted octanol–water partition coefficient (Wildman–Crippen LogP) is 1.75. The number of aromatic nitrogens is 2. The van der Waals surface area contributed by atoms with Crippen LogP contribution in [0.3, 0.4) is 0 Å². The Kier molecular flexibility index (Phi) is 5.74. The molecular formula is C12H18F3N5O. The largest absolute Gasteiger partial charge is 0.451 e. The number of amides is 1. The molecule has 1 amide bonds. The van der Waals surface area contributed by atoms with Gasteiger partial charge in [-0.15, -0.1) is 0 Å². The number of nitrogens with two attached hydrogens (primary N) is 1. The number of alkyl halides is 3. The Morgan fingerprint density at radius 2 is 1.95 bits per heavy atom. The summed E-state index contributed by atoms with van der Waals surface area (Å²) in [7, 11) is 0. The third-order valence-electron chi connectivity index (χ3n) is 2.76. The van der Waals surface area contributed by atoms with Crippen LogP contribution in [0.1, 0.15) is 26.1 Å². The van der Waals surface area contributed by atoms with Crippen molar-refractivity contribution >= 4 is 17.5 Å². The van der Waals surface area contributed by atoms with Crippen LogP contribution >= 0.6 is 0 Å². The van der Waals surface area contributed by atoms with Gasteiger partial charge in [-0.3, -0.25) is 4.79 Å². The van der Waals surface area contributed by atoms with E-state index < -0.39 is 12.0 Å². The summed E-state index contributed by atoms with van der Waals surface area (Å²) in [6.45, 7) is 5.07. The minimum absolute atomic E-state index is 0.0535. The van der Waals surface area contributed by atoms with Gasteiger partial charge in [0.2, 0.25) is 11.7 Å². The molecule has 0 aliphatic rings. The van der Waals surface area contributed by atoms with Crippen molar-refractivity contribution in [3.63, 3.8) is 0 Å². The first-order chi connectivity index (χ1) is 9.77. The minimum Gasteiger partial charge on any atom is -0.384 e. The smallest absolute Gasteiger partial charge is 0.384 e. The summed E-state index contributed by atoms with van der Waals surface area (Å²) in [5.41, 5.74) is 5.31. The van der Waals surface area contributed by atoms with E-state index in [-0.39, 0.29) is 30.5 Å². The first-order valence-corrected chi connectivity index (χ1v) is 6.51. The zero-order chi connectivity index (χ0) is 16.0. The van der Waals surface area contributed by atoms with Gasteiger partial charge in [-0.1, -0.05) is 0 Å². The molecule has 0 saturated heterocycles. The summed E-state index contributed by atoms with van der Waals surface area (Å²) in [4.78, 5) is 19.8. The van der Waals surface area contributed by atoms with E-state index in [0.29, 0.717) is 13.1 Å². The Morgan fingerprint density at radius 1 is 1.33 bits per heavy atom. The van der Waals surface area contributed by atoms with Crippen molar-refractivity contribution in [1.82, 2.24) is 14.9 Å². The van der Waals surface area contributed by atoms with E-state index in [1.165, 1.54) is 6.07 Å². The fourth-order valence-electron chi connectivity index (χ4n) is 1.72. The highest BCUT2D eigenvalue weighted by molar-refractivity contribution is 5.76. The lowest BCUT2D eigenvalue weighted by molar-refractivity contribution is -0.144. The number of hydrogen-bond acceptors (Lipinski definition) is 5. The molecule has 0 spiro atoms. The summed E-state index contributed by atoms with van der Waals surface area (Å²) < 4.78 is 37.6. The van der Waals surface area contributed by atoms with Crippen molar-refractivity contribution in [3.05, 3.63) is 11.9 Å². The van der Waals surface area contributed by atoms with E-state index in [1.54, 1.807) is 4.90 Å². The van der Waals surface area contributed by atoms with Crippen LogP contribution in [0.2, 0.25) is 0 Å². The SMILES string of the molecule is CCN(CC)C(=O)CCNc1cc(N)nc(C(F)(F)F)n1. The Bertz CT molecular complexity index is 488. The summed E-state index contributed by atoms with van der Waals surface area (Å²) in [5, 5.41) is 2.65. The van der Waals surface area contributed by atoms with Gasteiger partial charge in [0, 0.05) is 32.1 Å². The van der Waals surface area contributed by atoms with Crippen LogP contribution in [-0.2, 0) is 11.0 Å². The summed E-state index contributed by atoms with van der Waals surface area (Å²) in [6.07, 6.45) is -4.50. The van der Waals surface area contributed by atoms with Gasteiger partial charge in [0.1, 0.15) is 11.6 Å². The van der Waals surface area contributed by atoms with Gasteiger partial charge >= 0.3 is 6.18 Å². The molecule has 1 heterocycles. The van der Waals surface area contributed by atoms with Gasteiger partial charge in [0.25, 0.3) is 0 Å². The minimum atomic E-state index is -4.66. The fourth-order valence-corrected chi connectivity index (χ4v) is 1.72. The molecule has 3 N–H and O–H groups in total. The second kappa shape index (κ2) is 7.09. The molecule has 0 aromatic carbocycles. The van der Waals surface area contributed by atoms with Crippen LogP contribution in [0, 0.1) is 0 Å². The van der Waals surface area contributed by atoms with Crippen molar-refractivity contribution < 1.29 is 18.0 Å². The number of rotatable bonds is 6. The number of halogens is 3. The lowest BCUT2D eigenvalue weighted by atomic mass is 10.3. The lowest BCUT2D eigenvalue weighted by Crippen LogP contribution is -2.31. The van der Waals surface area contributed by atoms with E-state index in [2.05, 4.69) is 15.3 Å². The number of anilines is 2. The number of carbonyl (C=O) groups is 1. The molecule has 0 fully saturated rings. The average molecular weight is 305 g/mol. The monoisotopic (exact) mass is 305 g/mol. The molecular weight excluding hydrogens is 287 g/mol. The molecule has 0 radical (unpaired) electrons. The predicted molar refractivity (Wildman–Crippen MR) is 72.5 cm³/mol. The maximum absolute atomic E-state index is 12.5. The van der Waals surface area contributed by atoms with Gasteiger partial charge in [-0.25, -0.2) is 9.97 Å². The molecule has 1 aromatic heterocycles. The summed E-state index contributed by atoms with van der Waals surface area (Å²) >= 11 is 0. The van der Waals surface area contributed by atoms with Crippen LogP contribution in [0.25, 0.3) is 0 Å². The third-order valence-corrected chi connectivity index (χ3v) is 2.76. The van der Waals surface area contributed by atoms with Crippen molar-refractivity contribution in [1.29, 1.82) is 0 Å². The highest BCUT2D eigenvalue weighted by atomic mass is 19.4. The van der Waals surface area contributed by atoms with Crippen LogP contribution in [0.15, 0.2) is 6.07 Å². The van der Waals surface area contributed by atoms with Crippen molar-refractivity contribution in [2.24, 2.45) is 0 Å². The average Bonchev–Trinajstić information content (AvgIpc) is 2.38. The fraction of sp³-hybridized carbons (Fsp3) is 0.583. The number of nitrogens with zero attached hydrogens (tertiary/aromatic N) is 3. The Labute approximate surface area is 120 Å². The van der Waals surface area contributed by atoms with Gasteiger partial charge in [-0.2, -0.15) is 13.2 Å². The standard InChI is InChI=1S/C12H18F3N5O/c1-3-20(4-2)10(21)5-6-17-9-7-8(16)18-11(19-9)12(13,14)15/h7H,3-6H2,1-2H3,(H3,16,17,18,19). The molecule has 0 saturated carbocycles. The molecule has 0 atom stereocenters. The van der Waals surface area contributed by atoms with E-state index >= 15 is 0 Å². The molecule has 1 aromatic rings. The normalized spacial score (nSPS) is 11.3. The Hall–Kier alpha value is -2.06. The van der Waals surface area contributed by atoms with E-state index in [9.17, 15) is 18.0 Å². The van der Waals surface area contributed by atoms with E-state index in [1.807, 2.05) is 13.8 Å². The van der Waals surface area contributed by atoms with E-state index in [0.717, 1.165) is 0 Å². The van der Waals surface area contributed by atoms with Crippen LogP contribution < -0.4 is 11.1 Å². The highest BCUT2D eigenvalue weighted by Gasteiger charge is 2.35. The zero-order valence-corrected chi connectivity index (χ0v) is 11.9. The van der Waals surface area contributed by atoms with Crippen molar-refractivity contribution in [2.45, 2.75) is 26.4 Å². The van der Waals surface area contributed by atoms with Crippen LogP contribution in [0.4, 0.5) is 24.8 Å². The second-order valence-corrected chi connectivity index (χ2v) is 4.24. The number of nitrogens with one attached hydrogen (secondary N) is 1. The molecule has 0 aliphatic heterocycles. The first-order valence-electron chi connectivity index (χ1n) is 6.51. The molecule has 0 aliphatic carbocycles. The zero-order valence-electron chi connectivity index (χ0n) is 11.9. The van der Waals surface area contributed by atoms with Crippen LogP contribution in [0.5, 0.6) is 0 Å². The summed E-state index contributed by atoms with van der Waals surface area (Å²) in [6, 6.07) is 1.19. The van der Waals surface area contributed by atoms with Gasteiger partial charge < -0.3 is 16.0 Å². The van der Waals surface area contributed by atoms with E-state index in [4.69, 9.17) is 5.73 Å². The molecule has 0 bridgehead atoms. The molecule has 118 valence electrons. The highest BCUT2D eigenvalue weighted by Crippen LogP contribution is 2.27. The second-order valence-electron chi connectivity index (χ2n) is 4.24. The van der Waals surface area contributed by atoms with Gasteiger partial charge in [0.05, 0.1) is 0 Å². The topological polar surface area (TPSA) is 84.1 Å². The number of carbonyl (C=O) groups excluding carboxylic acids is 1. The Morgan fingerprint density at radius 3 is 2.48 bits per heavy atom. The quantitative estimate of drug-likeness (QED) is 0.836. The third kappa shape index (κ3) is 5.09. The Balaban J connectivity index is 2.64.